The molecule has 1 aromatic rings. The maximum atomic E-state index is 5.80. The Bertz CT molecular complexity index is 330. The van der Waals surface area contributed by atoms with Gasteiger partial charge < -0.3 is 11.1 Å². The van der Waals surface area contributed by atoms with Gasteiger partial charge in [0.2, 0.25) is 0 Å². The molecule has 0 aromatic heterocycles. The van der Waals surface area contributed by atoms with Gasteiger partial charge in [-0.3, -0.25) is 0 Å². The molecule has 2 nitrogen and oxygen atoms in total. The first kappa shape index (κ1) is 12.9. The Kier molecular flexibility index (Phi) is 4.66. The van der Waals surface area contributed by atoms with E-state index in [1.54, 1.807) is 0 Å². The van der Waals surface area contributed by atoms with E-state index >= 15 is 0 Å². The van der Waals surface area contributed by atoms with Gasteiger partial charge in [0.15, 0.2) is 0 Å². The summed E-state index contributed by atoms with van der Waals surface area (Å²) in [4.78, 5) is 0. The van der Waals surface area contributed by atoms with Crippen LogP contribution in [0.25, 0.3) is 0 Å². The molecular weight excluding hydrogens is 196 g/mol. The Hall–Kier alpha value is -1.18. The number of anilines is 2. The summed E-state index contributed by atoms with van der Waals surface area (Å²) in [5, 5.41) is 3.56. The molecule has 3 N–H and O–H groups in total. The molecule has 0 spiro atoms. The average Bonchev–Trinajstić information content (AvgIpc) is 2.25. The lowest BCUT2D eigenvalue weighted by Gasteiger charge is -2.23. The van der Waals surface area contributed by atoms with Gasteiger partial charge in [-0.05, 0) is 43.5 Å². The molecule has 0 heterocycles. The Morgan fingerprint density at radius 3 is 2.38 bits per heavy atom. The summed E-state index contributed by atoms with van der Waals surface area (Å²) in [5.41, 5.74) is 8.98. The Morgan fingerprint density at radius 1 is 1.25 bits per heavy atom. The molecule has 1 unspecified atom stereocenters. The lowest BCUT2D eigenvalue weighted by molar-refractivity contribution is 0.438. The number of nitrogen functional groups attached to an aromatic ring is 1. The summed E-state index contributed by atoms with van der Waals surface area (Å²) in [5.74, 6) is 0.734. The van der Waals surface area contributed by atoms with E-state index in [0.29, 0.717) is 6.04 Å². The molecule has 90 valence electrons. The van der Waals surface area contributed by atoms with E-state index in [4.69, 9.17) is 5.73 Å². The van der Waals surface area contributed by atoms with E-state index in [1.807, 2.05) is 13.0 Å². The zero-order valence-corrected chi connectivity index (χ0v) is 10.9. The van der Waals surface area contributed by atoms with Crippen LogP contribution in [-0.2, 0) is 0 Å². The highest BCUT2D eigenvalue weighted by Crippen LogP contribution is 2.21. The maximum Gasteiger partial charge on any atom is 0.0346 e. The van der Waals surface area contributed by atoms with Gasteiger partial charge in [0, 0.05) is 17.4 Å². The van der Waals surface area contributed by atoms with Gasteiger partial charge in [-0.25, -0.2) is 0 Å². The molecule has 0 fully saturated rings. The molecule has 2 heteroatoms. The van der Waals surface area contributed by atoms with Crippen LogP contribution in [0.5, 0.6) is 0 Å². The third-order valence-corrected chi connectivity index (χ3v) is 3.42. The van der Waals surface area contributed by atoms with Crippen LogP contribution in [-0.4, -0.2) is 6.04 Å². The standard InChI is InChI=1S/C14H24N2/c1-5-12(6-2)11(4)16-13-7-8-14(15)10(3)9-13/h7-9,11-12,16H,5-6,15H2,1-4H3. The van der Waals surface area contributed by atoms with Gasteiger partial charge in [-0.15, -0.1) is 0 Å². The quantitative estimate of drug-likeness (QED) is 0.740. The fourth-order valence-corrected chi connectivity index (χ4v) is 2.14. The van der Waals surface area contributed by atoms with E-state index < -0.39 is 0 Å². The minimum Gasteiger partial charge on any atom is -0.399 e. The second-order valence-electron chi connectivity index (χ2n) is 4.58. The van der Waals surface area contributed by atoms with Gasteiger partial charge in [0.25, 0.3) is 0 Å². The van der Waals surface area contributed by atoms with Crippen LogP contribution >= 0.6 is 0 Å². The predicted molar refractivity (Wildman–Crippen MR) is 72.7 cm³/mol. The fraction of sp³-hybridized carbons (Fsp3) is 0.571. The van der Waals surface area contributed by atoms with Crippen molar-refractivity contribution in [3.05, 3.63) is 23.8 Å². The van der Waals surface area contributed by atoms with Crippen LogP contribution in [0.15, 0.2) is 18.2 Å². The molecule has 0 saturated carbocycles. The minimum atomic E-state index is 0.512. The monoisotopic (exact) mass is 220 g/mol. The van der Waals surface area contributed by atoms with Gasteiger partial charge in [0.1, 0.15) is 0 Å². The van der Waals surface area contributed by atoms with Crippen molar-refractivity contribution in [1.82, 2.24) is 0 Å². The first-order chi connectivity index (χ1) is 7.58. The van der Waals surface area contributed by atoms with Crippen LogP contribution in [0.4, 0.5) is 11.4 Å². The molecule has 0 aliphatic carbocycles. The molecule has 0 aliphatic rings. The molecule has 0 bridgehead atoms. The third-order valence-electron chi connectivity index (χ3n) is 3.42. The van der Waals surface area contributed by atoms with E-state index in [2.05, 4.69) is 38.2 Å². The Balaban J connectivity index is 2.69. The van der Waals surface area contributed by atoms with Crippen LogP contribution in [0.3, 0.4) is 0 Å². The normalized spacial score (nSPS) is 12.8. The smallest absolute Gasteiger partial charge is 0.0346 e. The topological polar surface area (TPSA) is 38.0 Å². The lowest BCUT2D eigenvalue weighted by Crippen LogP contribution is -2.25. The first-order valence-electron chi connectivity index (χ1n) is 6.21. The lowest BCUT2D eigenvalue weighted by atomic mass is 9.95. The summed E-state index contributed by atoms with van der Waals surface area (Å²) in [6, 6.07) is 6.66. The molecular formula is C14H24N2. The van der Waals surface area contributed by atoms with Crippen LogP contribution in [0, 0.1) is 12.8 Å². The fourth-order valence-electron chi connectivity index (χ4n) is 2.14. The zero-order valence-electron chi connectivity index (χ0n) is 10.9. The minimum absolute atomic E-state index is 0.512. The van der Waals surface area contributed by atoms with Gasteiger partial charge >= 0.3 is 0 Å². The second-order valence-corrected chi connectivity index (χ2v) is 4.58. The summed E-state index contributed by atoms with van der Waals surface area (Å²) < 4.78 is 0. The van der Waals surface area contributed by atoms with Crippen molar-refractivity contribution in [2.45, 2.75) is 46.6 Å². The number of benzene rings is 1. The largest absolute Gasteiger partial charge is 0.399 e. The predicted octanol–water partition coefficient (Wildman–Crippen LogP) is 3.81. The van der Waals surface area contributed by atoms with E-state index in [-0.39, 0.29) is 0 Å². The van der Waals surface area contributed by atoms with E-state index in [9.17, 15) is 0 Å². The van der Waals surface area contributed by atoms with Gasteiger partial charge in [-0.1, -0.05) is 26.7 Å². The molecule has 16 heavy (non-hydrogen) atoms. The highest BCUT2D eigenvalue weighted by Gasteiger charge is 2.12. The summed E-state index contributed by atoms with van der Waals surface area (Å²) >= 11 is 0. The van der Waals surface area contributed by atoms with E-state index in [0.717, 1.165) is 17.2 Å². The number of nitrogens with two attached hydrogens (primary N) is 1. The highest BCUT2D eigenvalue weighted by molar-refractivity contribution is 5.56. The first-order valence-corrected chi connectivity index (χ1v) is 6.21. The Labute approximate surface area is 99.2 Å². The molecule has 0 amide bonds. The Morgan fingerprint density at radius 2 is 1.88 bits per heavy atom. The molecule has 1 aromatic carbocycles. The van der Waals surface area contributed by atoms with Crippen molar-refractivity contribution in [3.63, 3.8) is 0 Å². The van der Waals surface area contributed by atoms with Crippen LogP contribution in [0.2, 0.25) is 0 Å². The molecule has 1 atom stereocenters. The molecule has 0 radical (unpaired) electrons. The second kappa shape index (κ2) is 5.78. The van der Waals surface area contributed by atoms with Gasteiger partial charge in [0.05, 0.1) is 0 Å². The number of aryl methyl sites for hydroxylation is 1. The molecule has 0 aliphatic heterocycles. The van der Waals surface area contributed by atoms with Crippen LogP contribution < -0.4 is 11.1 Å². The summed E-state index contributed by atoms with van der Waals surface area (Å²) in [6.45, 7) is 8.80. The van der Waals surface area contributed by atoms with E-state index in [1.165, 1.54) is 18.5 Å². The third kappa shape index (κ3) is 3.16. The van der Waals surface area contributed by atoms with Crippen molar-refractivity contribution in [2.24, 2.45) is 5.92 Å². The number of hydrogen-bond donors (Lipinski definition) is 2. The number of rotatable bonds is 5. The number of hydrogen-bond acceptors (Lipinski definition) is 2. The maximum absolute atomic E-state index is 5.80. The van der Waals surface area contributed by atoms with Crippen molar-refractivity contribution in [3.8, 4) is 0 Å². The van der Waals surface area contributed by atoms with Crippen molar-refractivity contribution in [2.75, 3.05) is 11.1 Å². The average molecular weight is 220 g/mol. The van der Waals surface area contributed by atoms with Crippen molar-refractivity contribution < 1.29 is 0 Å². The highest BCUT2D eigenvalue weighted by atomic mass is 14.9. The van der Waals surface area contributed by atoms with Crippen molar-refractivity contribution >= 4 is 11.4 Å². The zero-order chi connectivity index (χ0) is 12.1. The van der Waals surface area contributed by atoms with Crippen molar-refractivity contribution in [1.29, 1.82) is 0 Å². The molecule has 0 saturated heterocycles. The van der Waals surface area contributed by atoms with Crippen LogP contribution in [0.1, 0.15) is 39.2 Å². The summed E-state index contributed by atoms with van der Waals surface area (Å²) in [7, 11) is 0. The SMILES string of the molecule is CCC(CC)C(C)Nc1ccc(N)c(C)c1. The summed E-state index contributed by atoms with van der Waals surface area (Å²) in [6.07, 6.45) is 2.44. The van der Waals surface area contributed by atoms with Gasteiger partial charge in [-0.2, -0.15) is 0 Å². The number of nitrogens with one attached hydrogen (secondary N) is 1. The molecule has 1 rings (SSSR count).